The van der Waals surface area contributed by atoms with Gasteiger partial charge in [0.2, 0.25) is 0 Å². The summed E-state index contributed by atoms with van der Waals surface area (Å²) in [7, 11) is 1.79. The molecule has 0 aliphatic heterocycles. The Labute approximate surface area is 111 Å². The molecule has 0 saturated heterocycles. The van der Waals surface area contributed by atoms with Gasteiger partial charge in [0.05, 0.1) is 11.3 Å². The molecule has 0 aliphatic rings. The monoisotopic (exact) mass is 263 g/mol. The molecule has 2 rings (SSSR count). The van der Waals surface area contributed by atoms with Crippen molar-refractivity contribution >= 4 is 17.5 Å². The quantitative estimate of drug-likeness (QED) is 0.924. The number of halogens is 1. The molecule has 0 saturated carbocycles. The van der Waals surface area contributed by atoms with Crippen molar-refractivity contribution in [1.29, 1.82) is 0 Å². The number of hydrogen-bond acceptors (Lipinski definition) is 2. The topological polar surface area (TPSA) is 46.9 Å². The van der Waals surface area contributed by atoms with Gasteiger partial charge in [-0.25, -0.2) is 0 Å². The zero-order chi connectivity index (χ0) is 13.1. The van der Waals surface area contributed by atoms with Crippen molar-refractivity contribution < 1.29 is 4.79 Å². The number of benzene rings is 1. The van der Waals surface area contributed by atoms with Gasteiger partial charge in [-0.05, 0) is 24.6 Å². The van der Waals surface area contributed by atoms with Gasteiger partial charge in [0.1, 0.15) is 0 Å². The molecular weight excluding hydrogens is 250 g/mol. The lowest BCUT2D eigenvalue weighted by Gasteiger charge is -2.04. The Bertz CT molecular complexity index is 560. The number of amides is 1. The van der Waals surface area contributed by atoms with Crippen LogP contribution in [0.25, 0.3) is 0 Å². The van der Waals surface area contributed by atoms with Gasteiger partial charge in [-0.1, -0.05) is 23.7 Å². The molecule has 2 aromatic rings. The number of carbonyl (C=O) groups excluding carboxylic acids is 1. The van der Waals surface area contributed by atoms with Crippen molar-refractivity contribution in [2.45, 2.75) is 13.5 Å². The van der Waals surface area contributed by atoms with Crippen LogP contribution < -0.4 is 5.32 Å². The Morgan fingerprint density at radius 1 is 1.39 bits per heavy atom. The summed E-state index contributed by atoms with van der Waals surface area (Å²) >= 11 is 5.80. The Kier molecular flexibility index (Phi) is 3.67. The molecule has 1 amide bonds. The Morgan fingerprint density at radius 2 is 2.06 bits per heavy atom. The average molecular weight is 264 g/mol. The van der Waals surface area contributed by atoms with E-state index in [1.807, 2.05) is 19.1 Å². The highest BCUT2D eigenvalue weighted by Crippen LogP contribution is 2.10. The third-order valence-electron chi connectivity index (χ3n) is 2.62. The predicted octanol–water partition coefficient (Wildman–Crippen LogP) is 2.31. The second-order valence-corrected chi connectivity index (χ2v) is 4.55. The third kappa shape index (κ3) is 2.90. The van der Waals surface area contributed by atoms with Crippen LogP contribution in [0.1, 0.15) is 21.6 Å². The van der Waals surface area contributed by atoms with Gasteiger partial charge >= 0.3 is 0 Å². The maximum atomic E-state index is 11.9. The highest BCUT2D eigenvalue weighted by atomic mass is 35.5. The number of rotatable bonds is 3. The molecule has 94 valence electrons. The summed E-state index contributed by atoms with van der Waals surface area (Å²) in [5.74, 6) is -0.115. The van der Waals surface area contributed by atoms with Gasteiger partial charge in [0, 0.05) is 24.8 Å². The zero-order valence-corrected chi connectivity index (χ0v) is 11.0. The van der Waals surface area contributed by atoms with Gasteiger partial charge in [-0.15, -0.1) is 0 Å². The van der Waals surface area contributed by atoms with E-state index in [-0.39, 0.29) is 5.91 Å². The first kappa shape index (κ1) is 12.6. The Balaban J connectivity index is 2.00. The van der Waals surface area contributed by atoms with Crippen molar-refractivity contribution in [2.24, 2.45) is 7.05 Å². The minimum Gasteiger partial charge on any atom is -0.348 e. The smallest absolute Gasteiger partial charge is 0.255 e. The lowest BCUT2D eigenvalue weighted by atomic mass is 10.2. The van der Waals surface area contributed by atoms with Gasteiger partial charge < -0.3 is 5.32 Å². The number of aromatic nitrogens is 2. The zero-order valence-electron chi connectivity index (χ0n) is 10.3. The Hall–Kier alpha value is -1.81. The van der Waals surface area contributed by atoms with E-state index in [9.17, 15) is 4.79 Å². The fraction of sp³-hybridized carbons (Fsp3) is 0.231. The SMILES string of the molecule is Cc1nn(C)cc1C(=O)NCc1ccc(Cl)cc1. The average Bonchev–Trinajstić information content (AvgIpc) is 2.67. The molecule has 4 nitrogen and oxygen atoms in total. The van der Waals surface area contributed by atoms with E-state index in [1.54, 1.807) is 30.1 Å². The van der Waals surface area contributed by atoms with E-state index in [1.165, 1.54) is 0 Å². The van der Waals surface area contributed by atoms with Crippen LogP contribution in [0.15, 0.2) is 30.5 Å². The molecule has 0 spiro atoms. The summed E-state index contributed by atoms with van der Waals surface area (Å²) < 4.78 is 1.63. The predicted molar refractivity (Wildman–Crippen MR) is 70.6 cm³/mol. The molecule has 1 N–H and O–H groups in total. The fourth-order valence-corrected chi connectivity index (χ4v) is 1.83. The van der Waals surface area contributed by atoms with Crippen LogP contribution in [-0.4, -0.2) is 15.7 Å². The van der Waals surface area contributed by atoms with Crippen LogP contribution >= 0.6 is 11.6 Å². The summed E-state index contributed by atoms with van der Waals surface area (Å²) in [6.45, 7) is 2.29. The third-order valence-corrected chi connectivity index (χ3v) is 2.88. The number of carbonyl (C=O) groups is 1. The minimum atomic E-state index is -0.115. The summed E-state index contributed by atoms with van der Waals surface area (Å²) in [6.07, 6.45) is 1.71. The van der Waals surface area contributed by atoms with E-state index < -0.39 is 0 Å². The van der Waals surface area contributed by atoms with Gasteiger partial charge in [0.15, 0.2) is 0 Å². The molecule has 18 heavy (non-hydrogen) atoms. The molecule has 0 aliphatic carbocycles. The molecular formula is C13H14ClN3O. The summed E-state index contributed by atoms with van der Waals surface area (Å²) in [6, 6.07) is 7.38. The second kappa shape index (κ2) is 5.23. The summed E-state index contributed by atoms with van der Waals surface area (Å²) in [5, 5.41) is 7.68. The molecule has 5 heteroatoms. The molecule has 0 unspecified atom stereocenters. The van der Waals surface area contributed by atoms with Crippen LogP contribution in [0.3, 0.4) is 0 Å². The standard InChI is InChI=1S/C13H14ClN3O/c1-9-12(8-17(2)16-9)13(18)15-7-10-3-5-11(14)6-4-10/h3-6,8H,7H2,1-2H3,(H,15,18). The summed E-state index contributed by atoms with van der Waals surface area (Å²) in [4.78, 5) is 11.9. The van der Waals surface area contributed by atoms with E-state index in [4.69, 9.17) is 11.6 Å². The molecule has 0 radical (unpaired) electrons. The first-order chi connectivity index (χ1) is 8.56. The van der Waals surface area contributed by atoms with Crippen molar-refractivity contribution in [3.8, 4) is 0 Å². The van der Waals surface area contributed by atoms with Crippen molar-refractivity contribution in [1.82, 2.24) is 15.1 Å². The van der Waals surface area contributed by atoms with Crippen LogP contribution in [0, 0.1) is 6.92 Å². The van der Waals surface area contributed by atoms with Crippen molar-refractivity contribution in [3.05, 3.63) is 52.3 Å². The Morgan fingerprint density at radius 3 is 2.61 bits per heavy atom. The molecule has 1 aromatic carbocycles. The lowest BCUT2D eigenvalue weighted by molar-refractivity contribution is 0.0950. The normalized spacial score (nSPS) is 10.4. The van der Waals surface area contributed by atoms with Crippen molar-refractivity contribution in [2.75, 3.05) is 0 Å². The van der Waals surface area contributed by atoms with Crippen LogP contribution in [0.2, 0.25) is 5.02 Å². The van der Waals surface area contributed by atoms with E-state index in [2.05, 4.69) is 10.4 Å². The number of nitrogens with zero attached hydrogens (tertiary/aromatic N) is 2. The highest BCUT2D eigenvalue weighted by Gasteiger charge is 2.11. The largest absolute Gasteiger partial charge is 0.348 e. The second-order valence-electron chi connectivity index (χ2n) is 4.11. The van der Waals surface area contributed by atoms with Crippen LogP contribution in [-0.2, 0) is 13.6 Å². The van der Waals surface area contributed by atoms with E-state index in [0.29, 0.717) is 17.1 Å². The van der Waals surface area contributed by atoms with E-state index >= 15 is 0 Å². The molecule has 0 fully saturated rings. The highest BCUT2D eigenvalue weighted by molar-refractivity contribution is 6.30. The van der Waals surface area contributed by atoms with Gasteiger partial charge in [-0.2, -0.15) is 5.10 Å². The van der Waals surface area contributed by atoms with Gasteiger partial charge in [-0.3, -0.25) is 9.48 Å². The first-order valence-electron chi connectivity index (χ1n) is 5.59. The maximum Gasteiger partial charge on any atom is 0.255 e. The first-order valence-corrected chi connectivity index (χ1v) is 5.97. The van der Waals surface area contributed by atoms with Crippen LogP contribution in [0.4, 0.5) is 0 Å². The molecule has 0 bridgehead atoms. The van der Waals surface area contributed by atoms with Crippen LogP contribution in [0.5, 0.6) is 0 Å². The van der Waals surface area contributed by atoms with Crippen molar-refractivity contribution in [3.63, 3.8) is 0 Å². The fourth-order valence-electron chi connectivity index (χ4n) is 1.70. The number of hydrogen-bond donors (Lipinski definition) is 1. The maximum absolute atomic E-state index is 11.9. The molecule has 0 atom stereocenters. The number of nitrogens with one attached hydrogen (secondary N) is 1. The molecule has 1 aromatic heterocycles. The summed E-state index contributed by atoms with van der Waals surface area (Å²) in [5.41, 5.74) is 2.34. The molecule has 1 heterocycles. The van der Waals surface area contributed by atoms with Gasteiger partial charge in [0.25, 0.3) is 5.91 Å². The minimum absolute atomic E-state index is 0.115. The lowest BCUT2D eigenvalue weighted by Crippen LogP contribution is -2.23. The van der Waals surface area contributed by atoms with E-state index in [0.717, 1.165) is 11.3 Å². The number of aryl methyl sites for hydroxylation is 2.